The van der Waals surface area contributed by atoms with Gasteiger partial charge in [0.25, 0.3) is 0 Å². The van der Waals surface area contributed by atoms with Crippen LogP contribution in [-0.2, 0) is 4.79 Å². The van der Waals surface area contributed by atoms with E-state index in [2.05, 4.69) is 20.5 Å². The maximum Gasteiger partial charge on any atom is 0.237 e. The first-order valence-corrected chi connectivity index (χ1v) is 10.4. The van der Waals surface area contributed by atoms with Crippen LogP contribution in [0.4, 0.5) is 5.69 Å². The number of hydrogen-bond donors (Lipinski definition) is 1. The Morgan fingerprint density at radius 1 is 1.00 bits per heavy atom. The van der Waals surface area contributed by atoms with Gasteiger partial charge in [0.05, 0.1) is 17.8 Å². The fraction of sp³-hybridized carbons (Fsp3) is 0.182. The zero-order valence-electron chi connectivity index (χ0n) is 16.5. The number of rotatable bonds is 7. The molecule has 1 amide bonds. The van der Waals surface area contributed by atoms with Crippen LogP contribution in [0.15, 0.2) is 75.0 Å². The highest BCUT2D eigenvalue weighted by atomic mass is 32.2. The molecule has 1 aromatic carbocycles. The molecule has 0 aliphatic carbocycles. The minimum atomic E-state index is -0.369. The molecule has 0 saturated heterocycles. The van der Waals surface area contributed by atoms with Gasteiger partial charge in [-0.25, -0.2) is 4.98 Å². The Labute approximate surface area is 177 Å². The number of thioether (sulfide) groups is 1. The topological polar surface area (TPSA) is 94.1 Å². The second-order valence-corrected chi connectivity index (χ2v) is 7.79. The molecule has 0 aliphatic heterocycles. The zero-order valence-corrected chi connectivity index (χ0v) is 17.3. The maximum absolute atomic E-state index is 12.8. The Morgan fingerprint density at radius 2 is 1.67 bits per heavy atom. The van der Waals surface area contributed by atoms with Gasteiger partial charge in [0.2, 0.25) is 11.1 Å². The molecule has 3 aromatic heterocycles. The minimum Gasteiger partial charge on any atom is -0.463 e. The Balaban J connectivity index is 1.57. The van der Waals surface area contributed by atoms with Crippen molar-refractivity contribution in [3.05, 3.63) is 66.6 Å². The maximum atomic E-state index is 12.8. The minimum absolute atomic E-state index is 0.107. The average Bonchev–Trinajstić information content (AvgIpc) is 3.47. The van der Waals surface area contributed by atoms with Gasteiger partial charge >= 0.3 is 0 Å². The number of nitrogens with zero attached hydrogens (tertiary/aromatic N) is 3. The zero-order chi connectivity index (χ0) is 20.9. The third-order valence-corrected chi connectivity index (χ3v) is 5.62. The standard InChI is InChI=1S/C22H20N4O3S/c1-3-18(21(27)23-15-10-8-14(2)9-11-15)30-22-24-19(16-6-4-12-28-16)20(25-26-22)17-7-5-13-29-17/h4-13,18H,3H2,1-2H3,(H,23,27). The number of hydrogen-bond acceptors (Lipinski definition) is 7. The van der Waals surface area contributed by atoms with Crippen molar-refractivity contribution in [3.8, 4) is 22.9 Å². The summed E-state index contributed by atoms with van der Waals surface area (Å²) in [4.78, 5) is 17.4. The lowest BCUT2D eigenvalue weighted by Crippen LogP contribution is -2.25. The van der Waals surface area contributed by atoms with E-state index in [0.29, 0.717) is 34.5 Å². The fourth-order valence-electron chi connectivity index (χ4n) is 2.83. The van der Waals surface area contributed by atoms with Crippen molar-refractivity contribution in [1.82, 2.24) is 15.2 Å². The van der Waals surface area contributed by atoms with Crippen LogP contribution in [0.1, 0.15) is 18.9 Å². The molecule has 0 radical (unpaired) electrons. The van der Waals surface area contributed by atoms with E-state index in [4.69, 9.17) is 8.83 Å². The van der Waals surface area contributed by atoms with Crippen LogP contribution in [0.2, 0.25) is 0 Å². The summed E-state index contributed by atoms with van der Waals surface area (Å²) in [6.07, 6.45) is 3.75. The monoisotopic (exact) mass is 420 g/mol. The van der Waals surface area contributed by atoms with Crippen LogP contribution in [-0.4, -0.2) is 26.3 Å². The van der Waals surface area contributed by atoms with Crippen molar-refractivity contribution in [3.63, 3.8) is 0 Å². The van der Waals surface area contributed by atoms with Crippen LogP contribution >= 0.6 is 11.8 Å². The van der Waals surface area contributed by atoms with Gasteiger partial charge in [-0.3, -0.25) is 4.79 Å². The molecule has 0 bridgehead atoms. The van der Waals surface area contributed by atoms with Crippen LogP contribution < -0.4 is 5.32 Å². The number of furan rings is 2. The summed E-state index contributed by atoms with van der Waals surface area (Å²) >= 11 is 1.27. The summed E-state index contributed by atoms with van der Waals surface area (Å²) in [7, 11) is 0. The Hall–Kier alpha value is -3.39. The van der Waals surface area contributed by atoms with E-state index in [1.807, 2.05) is 38.1 Å². The molecule has 1 unspecified atom stereocenters. The van der Waals surface area contributed by atoms with Gasteiger partial charge in [-0.05, 0) is 49.7 Å². The predicted octanol–water partition coefficient (Wildman–Crippen LogP) is 5.21. The molecule has 0 saturated carbocycles. The number of nitrogens with one attached hydrogen (secondary N) is 1. The summed E-state index contributed by atoms with van der Waals surface area (Å²) in [5.41, 5.74) is 2.89. The van der Waals surface area contributed by atoms with Gasteiger partial charge in [-0.2, -0.15) is 0 Å². The second-order valence-electron chi connectivity index (χ2n) is 6.62. The second kappa shape index (κ2) is 8.96. The van der Waals surface area contributed by atoms with Crippen LogP contribution in [0.3, 0.4) is 0 Å². The van der Waals surface area contributed by atoms with Gasteiger partial charge in [-0.1, -0.05) is 36.4 Å². The lowest BCUT2D eigenvalue weighted by atomic mass is 10.2. The van der Waals surface area contributed by atoms with Crippen molar-refractivity contribution < 1.29 is 13.6 Å². The smallest absolute Gasteiger partial charge is 0.237 e. The third kappa shape index (κ3) is 4.44. The first kappa shape index (κ1) is 19.9. The number of aromatic nitrogens is 3. The molecule has 1 atom stereocenters. The van der Waals surface area contributed by atoms with Crippen LogP contribution in [0.5, 0.6) is 0 Å². The molecule has 152 valence electrons. The third-order valence-electron chi connectivity index (χ3n) is 4.41. The molecule has 0 aliphatic rings. The lowest BCUT2D eigenvalue weighted by molar-refractivity contribution is -0.115. The molecule has 30 heavy (non-hydrogen) atoms. The van der Waals surface area contributed by atoms with Gasteiger partial charge in [-0.15, -0.1) is 10.2 Å². The molecular weight excluding hydrogens is 400 g/mol. The molecule has 4 rings (SSSR count). The molecule has 7 nitrogen and oxygen atoms in total. The fourth-order valence-corrected chi connectivity index (χ4v) is 3.65. The largest absolute Gasteiger partial charge is 0.463 e. The molecular formula is C22H20N4O3S. The highest BCUT2D eigenvalue weighted by molar-refractivity contribution is 8.00. The summed E-state index contributed by atoms with van der Waals surface area (Å²) < 4.78 is 11.0. The molecule has 0 fully saturated rings. The first-order valence-electron chi connectivity index (χ1n) is 9.50. The Morgan fingerprint density at radius 3 is 2.27 bits per heavy atom. The van der Waals surface area contributed by atoms with E-state index >= 15 is 0 Å². The summed E-state index contributed by atoms with van der Waals surface area (Å²) in [6, 6.07) is 14.8. The molecule has 8 heteroatoms. The van der Waals surface area contributed by atoms with E-state index in [0.717, 1.165) is 11.3 Å². The normalized spacial score (nSPS) is 11.9. The van der Waals surface area contributed by atoms with Gasteiger partial charge in [0.1, 0.15) is 5.69 Å². The number of aryl methyl sites for hydroxylation is 1. The molecule has 0 spiro atoms. The Bertz CT molecular complexity index is 1110. The number of amides is 1. The quantitative estimate of drug-likeness (QED) is 0.410. The van der Waals surface area contributed by atoms with Crippen molar-refractivity contribution in [2.75, 3.05) is 5.32 Å². The van der Waals surface area contributed by atoms with E-state index in [1.165, 1.54) is 11.8 Å². The first-order chi connectivity index (χ1) is 14.6. The SMILES string of the molecule is CCC(Sc1nnc(-c2ccco2)c(-c2ccco2)n1)C(=O)Nc1ccc(C)cc1. The van der Waals surface area contributed by atoms with Crippen molar-refractivity contribution >= 4 is 23.4 Å². The van der Waals surface area contributed by atoms with E-state index in [-0.39, 0.29) is 11.2 Å². The highest BCUT2D eigenvalue weighted by Gasteiger charge is 2.23. The van der Waals surface area contributed by atoms with Gasteiger partial charge in [0.15, 0.2) is 17.2 Å². The number of benzene rings is 1. The summed E-state index contributed by atoms with van der Waals surface area (Å²) in [6.45, 7) is 3.95. The van der Waals surface area contributed by atoms with Crippen LogP contribution in [0.25, 0.3) is 22.9 Å². The average molecular weight is 420 g/mol. The highest BCUT2D eigenvalue weighted by Crippen LogP contribution is 2.32. The van der Waals surface area contributed by atoms with E-state index < -0.39 is 0 Å². The van der Waals surface area contributed by atoms with Crippen molar-refractivity contribution in [2.24, 2.45) is 0 Å². The summed E-state index contributed by atoms with van der Waals surface area (Å²) in [5, 5.41) is 11.5. The van der Waals surface area contributed by atoms with Gasteiger partial charge in [0, 0.05) is 5.69 Å². The predicted molar refractivity (Wildman–Crippen MR) is 115 cm³/mol. The van der Waals surface area contributed by atoms with Crippen molar-refractivity contribution in [1.29, 1.82) is 0 Å². The Kier molecular flexibility index (Phi) is 5.94. The molecule has 3 heterocycles. The van der Waals surface area contributed by atoms with Gasteiger partial charge < -0.3 is 14.2 Å². The summed E-state index contributed by atoms with van der Waals surface area (Å²) in [5.74, 6) is 0.988. The van der Waals surface area contributed by atoms with E-state index in [9.17, 15) is 4.79 Å². The van der Waals surface area contributed by atoms with Crippen molar-refractivity contribution in [2.45, 2.75) is 30.7 Å². The van der Waals surface area contributed by atoms with E-state index in [1.54, 1.807) is 36.8 Å². The number of carbonyl (C=O) groups excluding carboxylic acids is 1. The molecule has 1 N–H and O–H groups in total. The number of carbonyl (C=O) groups is 1. The molecule has 4 aromatic rings. The number of anilines is 1. The lowest BCUT2D eigenvalue weighted by Gasteiger charge is -2.14. The van der Waals surface area contributed by atoms with Crippen LogP contribution in [0, 0.1) is 6.92 Å².